The van der Waals surface area contributed by atoms with Gasteiger partial charge in [0.1, 0.15) is 0 Å². The van der Waals surface area contributed by atoms with Crippen molar-refractivity contribution in [3.63, 3.8) is 0 Å². The van der Waals surface area contributed by atoms with E-state index < -0.39 is 0 Å². The molecule has 1 saturated heterocycles. The first-order chi connectivity index (χ1) is 6.65. The van der Waals surface area contributed by atoms with E-state index in [1.807, 2.05) is 0 Å². The molecule has 3 unspecified atom stereocenters. The molecule has 1 N–H and O–H groups in total. The zero-order valence-electron chi connectivity index (χ0n) is 8.95. The van der Waals surface area contributed by atoms with Crippen molar-refractivity contribution in [2.45, 2.75) is 38.8 Å². The van der Waals surface area contributed by atoms with Crippen LogP contribution in [0.1, 0.15) is 26.7 Å². The van der Waals surface area contributed by atoms with Crippen molar-refractivity contribution < 1.29 is 9.53 Å². The first kappa shape index (κ1) is 11.2. The summed E-state index contributed by atoms with van der Waals surface area (Å²) in [6.45, 7) is 8.45. The Bertz CT molecular complexity index is 215. The normalized spacial score (nSPS) is 32.3. The number of amides is 1. The van der Waals surface area contributed by atoms with Crippen molar-refractivity contribution in [1.29, 1.82) is 0 Å². The molecule has 80 valence electrons. The van der Waals surface area contributed by atoms with Crippen molar-refractivity contribution in [2.75, 3.05) is 6.61 Å². The van der Waals surface area contributed by atoms with E-state index in [2.05, 4.69) is 25.7 Å². The SMILES string of the molecule is C=CCC(=O)NC1CCOC(C)C1C. The topological polar surface area (TPSA) is 38.3 Å². The number of hydrogen-bond acceptors (Lipinski definition) is 2. The van der Waals surface area contributed by atoms with Crippen LogP contribution in [-0.4, -0.2) is 24.7 Å². The minimum absolute atomic E-state index is 0.0611. The van der Waals surface area contributed by atoms with Crippen LogP contribution in [-0.2, 0) is 9.53 Å². The van der Waals surface area contributed by atoms with E-state index in [9.17, 15) is 4.79 Å². The lowest BCUT2D eigenvalue weighted by Gasteiger charge is -2.34. The second kappa shape index (κ2) is 5.15. The first-order valence-corrected chi connectivity index (χ1v) is 5.17. The first-order valence-electron chi connectivity index (χ1n) is 5.17. The van der Waals surface area contributed by atoms with Gasteiger partial charge < -0.3 is 10.1 Å². The van der Waals surface area contributed by atoms with Gasteiger partial charge in [-0.3, -0.25) is 4.79 Å². The van der Waals surface area contributed by atoms with Crippen molar-refractivity contribution in [1.82, 2.24) is 5.32 Å². The summed E-state index contributed by atoms with van der Waals surface area (Å²) >= 11 is 0. The highest BCUT2D eigenvalue weighted by Gasteiger charge is 2.28. The molecule has 3 atom stereocenters. The second-order valence-electron chi connectivity index (χ2n) is 3.89. The van der Waals surface area contributed by atoms with Crippen molar-refractivity contribution in [2.24, 2.45) is 5.92 Å². The van der Waals surface area contributed by atoms with Crippen LogP contribution in [0.3, 0.4) is 0 Å². The van der Waals surface area contributed by atoms with Gasteiger partial charge in [-0.15, -0.1) is 6.58 Å². The number of carbonyl (C=O) groups excluding carboxylic acids is 1. The second-order valence-corrected chi connectivity index (χ2v) is 3.89. The Hall–Kier alpha value is -0.830. The van der Waals surface area contributed by atoms with Gasteiger partial charge in [0, 0.05) is 25.0 Å². The standard InChI is InChI=1S/C11H19NO2/c1-4-5-11(13)12-10-6-7-14-9(3)8(10)2/h4,8-10H,1,5-7H2,2-3H3,(H,12,13). The van der Waals surface area contributed by atoms with Crippen LogP contribution >= 0.6 is 0 Å². The van der Waals surface area contributed by atoms with Gasteiger partial charge in [-0.1, -0.05) is 13.0 Å². The molecule has 0 aromatic rings. The molecule has 0 aromatic carbocycles. The van der Waals surface area contributed by atoms with Crippen LogP contribution in [0.25, 0.3) is 0 Å². The van der Waals surface area contributed by atoms with Gasteiger partial charge in [0.15, 0.2) is 0 Å². The quantitative estimate of drug-likeness (QED) is 0.696. The highest BCUT2D eigenvalue weighted by Crippen LogP contribution is 2.20. The average Bonchev–Trinajstić information content (AvgIpc) is 2.13. The molecule has 14 heavy (non-hydrogen) atoms. The molecular weight excluding hydrogens is 178 g/mol. The molecule has 0 saturated carbocycles. The minimum Gasteiger partial charge on any atom is -0.378 e. The summed E-state index contributed by atoms with van der Waals surface area (Å²) in [4.78, 5) is 11.3. The third-order valence-corrected chi connectivity index (χ3v) is 2.86. The highest BCUT2D eigenvalue weighted by atomic mass is 16.5. The van der Waals surface area contributed by atoms with Gasteiger partial charge in [-0.25, -0.2) is 0 Å². The molecule has 1 aliphatic heterocycles. The largest absolute Gasteiger partial charge is 0.378 e. The van der Waals surface area contributed by atoms with E-state index in [-0.39, 0.29) is 18.1 Å². The van der Waals surface area contributed by atoms with Crippen molar-refractivity contribution in [3.8, 4) is 0 Å². The smallest absolute Gasteiger partial charge is 0.224 e. The zero-order valence-corrected chi connectivity index (χ0v) is 8.95. The lowest BCUT2D eigenvalue weighted by atomic mass is 9.92. The van der Waals surface area contributed by atoms with Gasteiger partial charge in [-0.05, 0) is 13.3 Å². The number of nitrogens with one attached hydrogen (secondary N) is 1. The maximum atomic E-state index is 11.3. The van der Waals surface area contributed by atoms with Crippen molar-refractivity contribution in [3.05, 3.63) is 12.7 Å². The molecule has 3 heteroatoms. The van der Waals surface area contributed by atoms with E-state index in [0.717, 1.165) is 13.0 Å². The van der Waals surface area contributed by atoms with E-state index in [0.29, 0.717) is 12.3 Å². The maximum absolute atomic E-state index is 11.3. The van der Waals surface area contributed by atoms with Crippen LogP contribution in [0.4, 0.5) is 0 Å². The molecule has 1 amide bonds. The van der Waals surface area contributed by atoms with Crippen molar-refractivity contribution >= 4 is 5.91 Å². The Morgan fingerprint density at radius 2 is 2.36 bits per heavy atom. The summed E-state index contributed by atoms with van der Waals surface area (Å²) in [5, 5.41) is 3.01. The highest BCUT2D eigenvalue weighted by molar-refractivity contribution is 5.77. The Morgan fingerprint density at radius 1 is 1.64 bits per heavy atom. The molecule has 0 spiro atoms. The zero-order chi connectivity index (χ0) is 10.6. The van der Waals surface area contributed by atoms with Crippen LogP contribution in [0, 0.1) is 5.92 Å². The van der Waals surface area contributed by atoms with E-state index in [1.165, 1.54) is 0 Å². The fourth-order valence-electron chi connectivity index (χ4n) is 1.72. The van der Waals surface area contributed by atoms with E-state index in [4.69, 9.17) is 4.74 Å². The van der Waals surface area contributed by atoms with Crippen LogP contribution in [0.15, 0.2) is 12.7 Å². The summed E-state index contributed by atoms with van der Waals surface area (Å²) in [6.07, 6.45) is 3.17. The molecule has 0 radical (unpaired) electrons. The Balaban J connectivity index is 2.42. The van der Waals surface area contributed by atoms with E-state index >= 15 is 0 Å². The molecule has 0 aliphatic carbocycles. The number of ether oxygens (including phenoxy) is 1. The summed E-state index contributed by atoms with van der Waals surface area (Å²) in [5.74, 6) is 0.448. The molecule has 1 fully saturated rings. The maximum Gasteiger partial charge on any atom is 0.224 e. The van der Waals surface area contributed by atoms with Gasteiger partial charge in [0.2, 0.25) is 5.91 Å². The number of rotatable bonds is 3. The van der Waals surface area contributed by atoms with Crippen LogP contribution < -0.4 is 5.32 Å². The molecule has 1 aliphatic rings. The van der Waals surface area contributed by atoms with Crippen LogP contribution in [0.5, 0.6) is 0 Å². The van der Waals surface area contributed by atoms with Gasteiger partial charge in [-0.2, -0.15) is 0 Å². The summed E-state index contributed by atoms with van der Waals surface area (Å²) in [6, 6.07) is 0.256. The summed E-state index contributed by atoms with van der Waals surface area (Å²) in [7, 11) is 0. The lowest BCUT2D eigenvalue weighted by molar-refractivity contribution is -0.123. The van der Waals surface area contributed by atoms with E-state index in [1.54, 1.807) is 6.08 Å². The molecule has 1 heterocycles. The average molecular weight is 197 g/mol. The van der Waals surface area contributed by atoms with Gasteiger partial charge in [0.25, 0.3) is 0 Å². The predicted octanol–water partition coefficient (Wildman–Crippen LogP) is 1.49. The third-order valence-electron chi connectivity index (χ3n) is 2.86. The number of carbonyl (C=O) groups is 1. The van der Waals surface area contributed by atoms with Gasteiger partial charge in [0.05, 0.1) is 6.10 Å². The Morgan fingerprint density at radius 3 is 3.00 bits per heavy atom. The molecular formula is C11H19NO2. The molecule has 0 bridgehead atoms. The third kappa shape index (κ3) is 2.84. The summed E-state index contributed by atoms with van der Waals surface area (Å²) in [5.41, 5.74) is 0. The molecule has 0 aromatic heterocycles. The predicted molar refractivity (Wildman–Crippen MR) is 55.9 cm³/mol. The fraction of sp³-hybridized carbons (Fsp3) is 0.727. The van der Waals surface area contributed by atoms with Crippen LogP contribution in [0.2, 0.25) is 0 Å². The van der Waals surface area contributed by atoms with Gasteiger partial charge >= 0.3 is 0 Å². The molecule has 3 nitrogen and oxygen atoms in total. The number of hydrogen-bond donors (Lipinski definition) is 1. The Kier molecular flexibility index (Phi) is 4.14. The minimum atomic E-state index is 0.0611. The molecule has 1 rings (SSSR count). The lowest BCUT2D eigenvalue weighted by Crippen LogP contribution is -2.47. The monoisotopic (exact) mass is 197 g/mol. The Labute approximate surface area is 85.5 Å². The fourth-order valence-corrected chi connectivity index (χ4v) is 1.72. The summed E-state index contributed by atoms with van der Waals surface area (Å²) < 4.78 is 5.49.